The molecule has 0 aromatic heterocycles. The fraction of sp³-hybridized carbons (Fsp3) is 0.500. The van der Waals surface area contributed by atoms with Gasteiger partial charge < -0.3 is 0 Å². The van der Waals surface area contributed by atoms with Crippen LogP contribution in [0.2, 0.25) is 0 Å². The molecule has 0 amide bonds. The summed E-state index contributed by atoms with van der Waals surface area (Å²) in [6.07, 6.45) is 1.91. The Labute approximate surface area is 123 Å². The molecular weight excluding hydrogens is 309 g/mol. The number of halogens is 2. The van der Waals surface area contributed by atoms with E-state index in [0.29, 0.717) is 12.3 Å². The quantitative estimate of drug-likeness (QED) is 0.755. The SMILES string of the molecule is CSCCN(C)S(=O)(=O)c1cc(C)c(F)c(CCl)c1. The topological polar surface area (TPSA) is 37.4 Å². The Bertz CT molecular complexity index is 549. The van der Waals surface area contributed by atoms with Gasteiger partial charge in [0, 0.05) is 24.9 Å². The third-order valence-electron chi connectivity index (χ3n) is 2.77. The van der Waals surface area contributed by atoms with Crippen molar-refractivity contribution in [1.29, 1.82) is 0 Å². The van der Waals surface area contributed by atoms with Crippen molar-refractivity contribution >= 4 is 33.4 Å². The average molecular weight is 326 g/mol. The molecule has 0 saturated heterocycles. The van der Waals surface area contributed by atoms with Crippen LogP contribution >= 0.6 is 23.4 Å². The summed E-state index contributed by atoms with van der Waals surface area (Å²) in [7, 11) is -2.07. The molecule has 0 fully saturated rings. The summed E-state index contributed by atoms with van der Waals surface area (Å²) in [5, 5.41) is 0. The molecule has 0 aliphatic carbocycles. The van der Waals surface area contributed by atoms with Gasteiger partial charge in [0.25, 0.3) is 0 Å². The summed E-state index contributed by atoms with van der Waals surface area (Å²) in [4.78, 5) is 0.0886. The molecular formula is C12H17ClFNO2S2. The Hall–Kier alpha value is -0.300. The minimum atomic E-state index is -3.59. The second-order valence-electron chi connectivity index (χ2n) is 4.17. The number of hydrogen-bond acceptors (Lipinski definition) is 3. The Kier molecular flexibility index (Phi) is 6.11. The first-order chi connectivity index (χ1) is 8.84. The van der Waals surface area contributed by atoms with Crippen LogP contribution in [0.4, 0.5) is 4.39 Å². The number of alkyl halides is 1. The molecule has 0 radical (unpaired) electrons. The van der Waals surface area contributed by atoms with E-state index in [9.17, 15) is 12.8 Å². The van der Waals surface area contributed by atoms with Gasteiger partial charge in [0.15, 0.2) is 0 Å². The largest absolute Gasteiger partial charge is 0.242 e. The summed E-state index contributed by atoms with van der Waals surface area (Å²) < 4.78 is 39.6. The van der Waals surface area contributed by atoms with Crippen LogP contribution in [-0.2, 0) is 15.9 Å². The van der Waals surface area contributed by atoms with Crippen molar-refractivity contribution in [2.75, 3.05) is 25.6 Å². The third-order valence-corrected chi connectivity index (χ3v) is 5.48. The van der Waals surface area contributed by atoms with E-state index in [1.54, 1.807) is 11.8 Å². The molecule has 0 atom stereocenters. The fourth-order valence-electron chi connectivity index (χ4n) is 1.57. The van der Waals surface area contributed by atoms with Crippen LogP contribution in [0.5, 0.6) is 0 Å². The first-order valence-corrected chi connectivity index (χ1v) is 9.01. The highest BCUT2D eigenvalue weighted by atomic mass is 35.5. The molecule has 3 nitrogen and oxygen atoms in total. The number of benzene rings is 1. The van der Waals surface area contributed by atoms with Crippen LogP contribution in [0.15, 0.2) is 17.0 Å². The van der Waals surface area contributed by atoms with Gasteiger partial charge in [0.1, 0.15) is 5.82 Å². The number of aryl methyl sites for hydroxylation is 1. The molecule has 0 aliphatic heterocycles. The lowest BCUT2D eigenvalue weighted by Crippen LogP contribution is -2.29. The van der Waals surface area contributed by atoms with Crippen LogP contribution < -0.4 is 0 Å². The zero-order valence-electron chi connectivity index (χ0n) is 11.1. The van der Waals surface area contributed by atoms with Gasteiger partial charge in [0.2, 0.25) is 10.0 Å². The smallest absolute Gasteiger partial charge is 0.207 e. The maximum atomic E-state index is 13.7. The maximum Gasteiger partial charge on any atom is 0.242 e. The van der Waals surface area contributed by atoms with E-state index in [0.717, 1.165) is 0 Å². The van der Waals surface area contributed by atoms with Gasteiger partial charge in [0.05, 0.1) is 10.8 Å². The van der Waals surface area contributed by atoms with E-state index in [1.165, 1.54) is 30.4 Å². The van der Waals surface area contributed by atoms with Gasteiger partial charge in [-0.25, -0.2) is 17.1 Å². The number of nitrogens with zero attached hydrogens (tertiary/aromatic N) is 1. The average Bonchev–Trinajstić information content (AvgIpc) is 2.38. The van der Waals surface area contributed by atoms with E-state index in [2.05, 4.69) is 0 Å². The van der Waals surface area contributed by atoms with E-state index >= 15 is 0 Å². The maximum absolute atomic E-state index is 13.7. The molecule has 0 bridgehead atoms. The van der Waals surface area contributed by atoms with Crippen molar-refractivity contribution < 1.29 is 12.8 Å². The molecule has 0 aliphatic rings. The van der Waals surface area contributed by atoms with Crippen LogP contribution in [0.25, 0.3) is 0 Å². The van der Waals surface area contributed by atoms with Gasteiger partial charge in [-0.05, 0) is 30.9 Å². The van der Waals surface area contributed by atoms with Crippen molar-refractivity contribution in [3.05, 3.63) is 29.1 Å². The number of rotatable bonds is 6. The molecule has 19 heavy (non-hydrogen) atoms. The molecule has 0 heterocycles. The van der Waals surface area contributed by atoms with E-state index in [1.807, 2.05) is 6.26 Å². The van der Waals surface area contributed by atoms with Gasteiger partial charge in [-0.15, -0.1) is 11.6 Å². The second-order valence-corrected chi connectivity index (χ2v) is 7.46. The van der Waals surface area contributed by atoms with E-state index < -0.39 is 15.8 Å². The zero-order chi connectivity index (χ0) is 14.6. The normalized spacial score (nSPS) is 12.1. The fourth-order valence-corrected chi connectivity index (χ4v) is 3.65. The highest BCUT2D eigenvalue weighted by Gasteiger charge is 2.22. The predicted molar refractivity (Wildman–Crippen MR) is 78.9 cm³/mol. The number of thioether (sulfide) groups is 1. The van der Waals surface area contributed by atoms with E-state index in [-0.39, 0.29) is 21.9 Å². The Balaban J connectivity index is 3.18. The van der Waals surface area contributed by atoms with Crippen molar-refractivity contribution in [3.8, 4) is 0 Å². The highest BCUT2D eigenvalue weighted by Crippen LogP contribution is 2.22. The lowest BCUT2D eigenvalue weighted by molar-refractivity contribution is 0.488. The van der Waals surface area contributed by atoms with Crippen molar-refractivity contribution in [2.45, 2.75) is 17.7 Å². The van der Waals surface area contributed by atoms with Crippen LogP contribution in [0.1, 0.15) is 11.1 Å². The lowest BCUT2D eigenvalue weighted by Gasteiger charge is -2.17. The molecule has 0 N–H and O–H groups in total. The monoisotopic (exact) mass is 325 g/mol. The summed E-state index contributed by atoms with van der Waals surface area (Å²) in [5.74, 6) is 0.212. The molecule has 1 rings (SSSR count). The molecule has 0 saturated carbocycles. The highest BCUT2D eigenvalue weighted by molar-refractivity contribution is 7.98. The summed E-state index contributed by atoms with van der Waals surface area (Å²) in [6.45, 7) is 1.95. The third kappa shape index (κ3) is 3.84. The lowest BCUT2D eigenvalue weighted by atomic mass is 10.1. The minimum Gasteiger partial charge on any atom is -0.207 e. The van der Waals surface area contributed by atoms with Crippen molar-refractivity contribution in [2.24, 2.45) is 0 Å². The van der Waals surface area contributed by atoms with Gasteiger partial charge in [-0.2, -0.15) is 11.8 Å². The second kappa shape index (κ2) is 6.92. The minimum absolute atomic E-state index is 0.0510. The molecule has 0 spiro atoms. The summed E-state index contributed by atoms with van der Waals surface area (Å²) in [5.41, 5.74) is 0.494. The van der Waals surface area contributed by atoms with Crippen LogP contribution in [0, 0.1) is 12.7 Å². The summed E-state index contributed by atoms with van der Waals surface area (Å²) >= 11 is 7.20. The number of sulfonamides is 1. The molecule has 1 aromatic rings. The van der Waals surface area contributed by atoms with Crippen LogP contribution in [0.3, 0.4) is 0 Å². The standard InChI is InChI=1S/C12H17ClFNO2S2/c1-9-6-11(7-10(8-13)12(9)14)19(16,17)15(2)4-5-18-3/h6-7H,4-5,8H2,1-3H3. The van der Waals surface area contributed by atoms with Crippen molar-refractivity contribution in [1.82, 2.24) is 4.31 Å². The predicted octanol–water partition coefficient (Wildman–Crippen LogP) is 2.86. The first-order valence-electron chi connectivity index (χ1n) is 5.64. The van der Waals surface area contributed by atoms with Gasteiger partial charge >= 0.3 is 0 Å². The first kappa shape index (κ1) is 16.8. The molecule has 0 unspecified atom stereocenters. The molecule has 7 heteroatoms. The Morgan fingerprint density at radius 2 is 2.05 bits per heavy atom. The molecule has 108 valence electrons. The van der Waals surface area contributed by atoms with Crippen LogP contribution in [-0.4, -0.2) is 38.3 Å². The Morgan fingerprint density at radius 3 is 2.58 bits per heavy atom. The number of hydrogen-bond donors (Lipinski definition) is 0. The van der Waals surface area contributed by atoms with Gasteiger partial charge in [-0.1, -0.05) is 0 Å². The summed E-state index contributed by atoms with van der Waals surface area (Å²) in [6, 6.07) is 2.65. The molecule has 1 aromatic carbocycles. The zero-order valence-corrected chi connectivity index (χ0v) is 13.5. The van der Waals surface area contributed by atoms with Crippen molar-refractivity contribution in [3.63, 3.8) is 0 Å². The van der Waals surface area contributed by atoms with E-state index in [4.69, 9.17) is 11.6 Å². The van der Waals surface area contributed by atoms with Gasteiger partial charge in [-0.3, -0.25) is 0 Å². The Morgan fingerprint density at radius 1 is 1.42 bits per heavy atom.